The van der Waals surface area contributed by atoms with Gasteiger partial charge in [-0.05, 0) is 74.2 Å². The van der Waals surface area contributed by atoms with Crippen molar-refractivity contribution in [3.05, 3.63) is 53.7 Å². The Morgan fingerprint density at radius 2 is 2.04 bits per heavy atom. The molecule has 2 aromatic rings. The van der Waals surface area contributed by atoms with E-state index in [9.17, 15) is 0 Å². The Bertz CT molecular complexity index is 744. The van der Waals surface area contributed by atoms with Crippen LogP contribution in [-0.2, 0) is 0 Å². The Kier molecular flexibility index (Phi) is 6.09. The minimum Gasteiger partial charge on any atom is -0.371 e. The van der Waals surface area contributed by atoms with Crippen molar-refractivity contribution in [1.29, 1.82) is 0 Å². The Hall–Kier alpha value is -2.14. The zero-order valence-electron chi connectivity index (χ0n) is 15.8. The lowest BCUT2D eigenvalue weighted by Gasteiger charge is -2.33. The van der Waals surface area contributed by atoms with Crippen LogP contribution in [0.5, 0.6) is 0 Å². The third-order valence-corrected chi connectivity index (χ3v) is 5.22. The first-order chi connectivity index (χ1) is 12.5. The van der Waals surface area contributed by atoms with Crippen LogP contribution in [0.25, 0.3) is 0 Å². The van der Waals surface area contributed by atoms with Crippen molar-refractivity contribution in [3.8, 4) is 0 Å². The van der Waals surface area contributed by atoms with Gasteiger partial charge in [0, 0.05) is 25.0 Å². The predicted octanol–water partition coefficient (Wildman–Crippen LogP) is 4.67. The van der Waals surface area contributed by atoms with Gasteiger partial charge in [0.25, 0.3) is 0 Å². The average Bonchev–Trinajstić information content (AvgIpc) is 2.64. The number of hydrogen-bond acceptors (Lipinski definition) is 3. The van der Waals surface area contributed by atoms with Crippen LogP contribution < -0.4 is 15.5 Å². The molecule has 1 aliphatic rings. The van der Waals surface area contributed by atoms with Crippen LogP contribution in [-0.4, -0.2) is 23.2 Å². The van der Waals surface area contributed by atoms with E-state index < -0.39 is 0 Å². The fraction of sp³-hybridized carbons (Fsp3) is 0.429. The number of hydrogen-bond donors (Lipinski definition) is 2. The van der Waals surface area contributed by atoms with Gasteiger partial charge < -0.3 is 15.5 Å². The Balaban J connectivity index is 1.58. The van der Waals surface area contributed by atoms with E-state index in [0.29, 0.717) is 5.11 Å². The summed E-state index contributed by atoms with van der Waals surface area (Å²) in [4.78, 5) is 6.82. The van der Waals surface area contributed by atoms with E-state index >= 15 is 0 Å². The van der Waals surface area contributed by atoms with Crippen molar-refractivity contribution in [2.75, 3.05) is 23.3 Å². The molecule has 1 aromatic heterocycles. The smallest absolute Gasteiger partial charge is 0.172 e. The summed E-state index contributed by atoms with van der Waals surface area (Å²) in [5.41, 5.74) is 3.61. The van der Waals surface area contributed by atoms with Gasteiger partial charge in [0.2, 0.25) is 0 Å². The summed E-state index contributed by atoms with van der Waals surface area (Å²) in [6.07, 6.45) is 4.39. The molecule has 0 saturated carbocycles. The quantitative estimate of drug-likeness (QED) is 0.767. The van der Waals surface area contributed by atoms with E-state index in [0.717, 1.165) is 30.4 Å². The van der Waals surface area contributed by atoms with Crippen LogP contribution in [0.15, 0.2) is 42.6 Å². The molecule has 0 bridgehead atoms. The molecular formula is C21H28N4S. The lowest BCUT2D eigenvalue weighted by atomic mass is 9.99. The van der Waals surface area contributed by atoms with Gasteiger partial charge in [-0.15, -0.1) is 0 Å². The van der Waals surface area contributed by atoms with Crippen LogP contribution in [0, 0.1) is 12.8 Å². The molecule has 1 aliphatic heterocycles. The number of thiocarbonyl (C=S) groups is 1. The van der Waals surface area contributed by atoms with Gasteiger partial charge in [-0.3, -0.25) is 0 Å². The van der Waals surface area contributed by atoms with Crippen molar-refractivity contribution >= 4 is 28.8 Å². The number of rotatable bonds is 4. The fourth-order valence-electron chi connectivity index (χ4n) is 3.44. The van der Waals surface area contributed by atoms with E-state index in [2.05, 4.69) is 58.6 Å². The summed E-state index contributed by atoms with van der Waals surface area (Å²) in [5, 5.41) is 7.12. The molecule has 0 aliphatic carbocycles. The lowest BCUT2D eigenvalue weighted by Crippen LogP contribution is -2.34. The van der Waals surface area contributed by atoms with Gasteiger partial charge in [0.15, 0.2) is 5.11 Å². The molecular weight excluding hydrogens is 340 g/mol. The highest BCUT2D eigenvalue weighted by Gasteiger charge is 2.17. The molecule has 0 spiro atoms. The fourth-order valence-corrected chi connectivity index (χ4v) is 3.71. The second-order valence-corrected chi connectivity index (χ2v) is 7.68. The largest absolute Gasteiger partial charge is 0.371 e. The molecule has 1 saturated heterocycles. The van der Waals surface area contributed by atoms with Crippen LogP contribution >= 0.6 is 12.2 Å². The van der Waals surface area contributed by atoms with Gasteiger partial charge in [-0.2, -0.15) is 0 Å². The second kappa shape index (κ2) is 8.49. The highest BCUT2D eigenvalue weighted by Crippen LogP contribution is 2.24. The summed E-state index contributed by atoms with van der Waals surface area (Å²) in [6, 6.07) is 12.9. The molecule has 26 heavy (non-hydrogen) atoms. The minimum absolute atomic E-state index is 0.133. The van der Waals surface area contributed by atoms with Crippen molar-refractivity contribution in [2.24, 2.45) is 5.92 Å². The molecule has 1 aromatic carbocycles. The lowest BCUT2D eigenvalue weighted by molar-refractivity contribution is 0.447. The van der Waals surface area contributed by atoms with Crippen molar-refractivity contribution in [3.63, 3.8) is 0 Å². The first-order valence-corrected chi connectivity index (χ1v) is 9.78. The van der Waals surface area contributed by atoms with E-state index in [4.69, 9.17) is 12.2 Å². The van der Waals surface area contributed by atoms with Gasteiger partial charge in [0.1, 0.15) is 5.82 Å². The summed E-state index contributed by atoms with van der Waals surface area (Å²) in [6.45, 7) is 8.79. The summed E-state index contributed by atoms with van der Waals surface area (Å²) in [7, 11) is 0. The first-order valence-electron chi connectivity index (χ1n) is 9.37. The Morgan fingerprint density at radius 1 is 1.27 bits per heavy atom. The van der Waals surface area contributed by atoms with Gasteiger partial charge in [-0.25, -0.2) is 4.98 Å². The summed E-state index contributed by atoms with van der Waals surface area (Å²) < 4.78 is 0. The third-order valence-electron chi connectivity index (χ3n) is 5.00. The number of benzene rings is 1. The second-order valence-electron chi connectivity index (χ2n) is 7.27. The SMILES string of the molecule is Cc1cccnc1NC(=S)N[C@H](C)c1ccc(N2CCC[C@H](C)C2)cc1. The zero-order valence-corrected chi connectivity index (χ0v) is 16.6. The van der Waals surface area contributed by atoms with E-state index in [1.807, 2.05) is 19.1 Å². The molecule has 0 radical (unpaired) electrons. The molecule has 0 unspecified atom stereocenters. The molecule has 138 valence electrons. The van der Waals surface area contributed by atoms with Gasteiger partial charge in [-0.1, -0.05) is 25.1 Å². The van der Waals surface area contributed by atoms with Crippen molar-refractivity contribution in [2.45, 2.75) is 39.7 Å². The summed E-state index contributed by atoms with van der Waals surface area (Å²) in [5.74, 6) is 1.58. The minimum atomic E-state index is 0.133. The topological polar surface area (TPSA) is 40.2 Å². The molecule has 0 amide bonds. The number of piperidine rings is 1. The van der Waals surface area contributed by atoms with Crippen molar-refractivity contribution < 1.29 is 0 Å². The number of nitrogens with zero attached hydrogens (tertiary/aromatic N) is 2. The monoisotopic (exact) mass is 368 g/mol. The first kappa shape index (κ1) is 18.6. The van der Waals surface area contributed by atoms with Gasteiger partial charge >= 0.3 is 0 Å². The molecule has 5 heteroatoms. The average molecular weight is 369 g/mol. The van der Waals surface area contributed by atoms with Crippen LogP contribution in [0.3, 0.4) is 0 Å². The molecule has 2 atom stereocenters. The number of pyridine rings is 1. The van der Waals surface area contributed by atoms with E-state index in [-0.39, 0.29) is 6.04 Å². The molecule has 2 N–H and O–H groups in total. The van der Waals surface area contributed by atoms with Crippen molar-refractivity contribution in [1.82, 2.24) is 10.3 Å². The standard InChI is InChI=1S/C21H28N4S/c1-15-6-5-13-25(14-15)19-10-8-18(9-11-19)17(3)23-21(26)24-20-16(2)7-4-12-22-20/h4,7-12,15,17H,5-6,13-14H2,1-3H3,(H2,22,23,24,26)/t15-,17+/m0/s1. The van der Waals surface area contributed by atoms with Crippen LogP contribution in [0.4, 0.5) is 11.5 Å². The third kappa shape index (κ3) is 4.73. The van der Waals surface area contributed by atoms with E-state index in [1.54, 1.807) is 6.20 Å². The molecule has 2 heterocycles. The van der Waals surface area contributed by atoms with E-state index in [1.165, 1.54) is 24.1 Å². The Labute approximate surface area is 162 Å². The number of anilines is 2. The summed E-state index contributed by atoms with van der Waals surface area (Å²) >= 11 is 5.44. The number of aromatic nitrogens is 1. The van der Waals surface area contributed by atoms with Crippen LogP contribution in [0.2, 0.25) is 0 Å². The molecule has 3 rings (SSSR count). The predicted molar refractivity (Wildman–Crippen MR) is 114 cm³/mol. The molecule has 1 fully saturated rings. The highest BCUT2D eigenvalue weighted by atomic mass is 32.1. The van der Waals surface area contributed by atoms with Gasteiger partial charge in [0.05, 0.1) is 6.04 Å². The zero-order chi connectivity index (χ0) is 18.5. The Morgan fingerprint density at radius 3 is 2.73 bits per heavy atom. The normalized spacial score (nSPS) is 18.3. The maximum Gasteiger partial charge on any atom is 0.172 e. The number of aryl methyl sites for hydroxylation is 1. The maximum absolute atomic E-state index is 5.44. The van der Waals surface area contributed by atoms with Crippen LogP contribution in [0.1, 0.15) is 43.9 Å². The number of nitrogens with one attached hydrogen (secondary N) is 2. The molecule has 4 nitrogen and oxygen atoms in total. The maximum atomic E-state index is 5.44. The highest BCUT2D eigenvalue weighted by molar-refractivity contribution is 7.80.